The monoisotopic (exact) mass is 234 g/mol. The van der Waals surface area contributed by atoms with E-state index in [1.165, 1.54) is 37.9 Å². The van der Waals surface area contributed by atoms with Crippen LogP contribution in [0.25, 0.3) is 0 Å². The molecule has 0 atom stereocenters. The Balaban J connectivity index is 1.84. The minimum absolute atomic E-state index is 0.176. The number of nitrogens with one attached hydrogen (secondary N) is 1. The van der Waals surface area contributed by atoms with Gasteiger partial charge in [0.25, 0.3) is 0 Å². The first kappa shape index (κ1) is 12.4. The zero-order valence-corrected chi connectivity index (χ0v) is 10.4. The van der Waals surface area contributed by atoms with E-state index in [9.17, 15) is 0 Å². The van der Waals surface area contributed by atoms with Crippen molar-refractivity contribution < 1.29 is 5.11 Å². The van der Waals surface area contributed by atoms with Gasteiger partial charge in [-0.15, -0.1) is 0 Å². The maximum atomic E-state index is 8.73. The van der Waals surface area contributed by atoms with Gasteiger partial charge in [-0.25, -0.2) is 0 Å². The molecule has 0 radical (unpaired) electrons. The lowest BCUT2D eigenvalue weighted by molar-refractivity contribution is 0.221. The molecule has 2 N–H and O–H groups in total. The topological polar surface area (TPSA) is 35.5 Å². The maximum Gasteiger partial charge on any atom is 0.0604 e. The Kier molecular flexibility index (Phi) is 4.83. The third kappa shape index (κ3) is 4.02. The molecule has 0 unspecified atom stereocenters. The summed E-state index contributed by atoms with van der Waals surface area (Å²) < 4.78 is 0. The van der Waals surface area contributed by atoms with Crippen molar-refractivity contribution in [2.75, 3.05) is 31.6 Å². The number of likely N-dealkylation sites (tertiary alicyclic amines) is 1. The molecule has 3 heteroatoms. The predicted octanol–water partition coefficient (Wildman–Crippen LogP) is 2.08. The van der Waals surface area contributed by atoms with Crippen molar-refractivity contribution in [1.29, 1.82) is 0 Å². The number of aliphatic hydroxyl groups is 1. The van der Waals surface area contributed by atoms with Crippen LogP contribution in [0.3, 0.4) is 0 Å². The van der Waals surface area contributed by atoms with Gasteiger partial charge in [0, 0.05) is 18.8 Å². The fraction of sp³-hybridized carbons (Fsp3) is 0.571. The SMILES string of the molecule is OCCNc1ccc(CN2CCCCC2)cc1. The number of anilines is 1. The second kappa shape index (κ2) is 6.62. The standard InChI is InChI=1S/C14H22N2O/c17-11-8-15-14-6-4-13(5-7-14)12-16-9-2-1-3-10-16/h4-7,15,17H,1-3,8-12H2. The Labute approximate surface area is 103 Å². The van der Waals surface area contributed by atoms with Gasteiger partial charge in [-0.3, -0.25) is 4.90 Å². The first-order valence-corrected chi connectivity index (χ1v) is 6.54. The van der Waals surface area contributed by atoms with Crippen molar-refractivity contribution in [1.82, 2.24) is 4.90 Å². The highest BCUT2D eigenvalue weighted by Crippen LogP contribution is 2.15. The summed E-state index contributed by atoms with van der Waals surface area (Å²) in [5.74, 6) is 0. The number of piperidine rings is 1. The summed E-state index contributed by atoms with van der Waals surface area (Å²) in [6.45, 7) is 4.34. The van der Waals surface area contributed by atoms with Gasteiger partial charge in [-0.05, 0) is 43.6 Å². The molecule has 0 amide bonds. The van der Waals surface area contributed by atoms with Gasteiger partial charge < -0.3 is 10.4 Å². The summed E-state index contributed by atoms with van der Waals surface area (Å²) in [6.07, 6.45) is 4.08. The highest BCUT2D eigenvalue weighted by molar-refractivity contribution is 5.44. The fourth-order valence-corrected chi connectivity index (χ4v) is 2.30. The lowest BCUT2D eigenvalue weighted by Gasteiger charge is -2.26. The summed E-state index contributed by atoms with van der Waals surface area (Å²) in [5.41, 5.74) is 2.46. The molecular formula is C14H22N2O. The van der Waals surface area contributed by atoms with Crippen LogP contribution >= 0.6 is 0 Å². The predicted molar refractivity (Wildman–Crippen MR) is 71.1 cm³/mol. The lowest BCUT2D eigenvalue weighted by Crippen LogP contribution is -2.29. The largest absolute Gasteiger partial charge is 0.395 e. The Morgan fingerprint density at radius 3 is 2.41 bits per heavy atom. The van der Waals surface area contributed by atoms with Crippen LogP contribution in [0.2, 0.25) is 0 Å². The van der Waals surface area contributed by atoms with Crippen molar-refractivity contribution in [2.24, 2.45) is 0 Å². The van der Waals surface area contributed by atoms with Crippen LogP contribution in [0.15, 0.2) is 24.3 Å². The molecule has 1 aliphatic rings. The van der Waals surface area contributed by atoms with E-state index in [1.54, 1.807) is 0 Å². The van der Waals surface area contributed by atoms with Crippen LogP contribution in [-0.4, -0.2) is 36.2 Å². The molecule has 0 bridgehead atoms. The van der Waals surface area contributed by atoms with E-state index in [2.05, 4.69) is 34.5 Å². The molecule has 1 fully saturated rings. The second-order valence-electron chi connectivity index (χ2n) is 4.68. The summed E-state index contributed by atoms with van der Waals surface area (Å²) in [5, 5.41) is 11.9. The molecule has 1 heterocycles. The summed E-state index contributed by atoms with van der Waals surface area (Å²) in [4.78, 5) is 2.53. The Morgan fingerprint density at radius 1 is 1.06 bits per heavy atom. The van der Waals surface area contributed by atoms with Crippen LogP contribution in [0.1, 0.15) is 24.8 Å². The number of aliphatic hydroxyl groups excluding tert-OH is 1. The number of nitrogens with zero attached hydrogens (tertiary/aromatic N) is 1. The highest BCUT2D eigenvalue weighted by atomic mass is 16.3. The van der Waals surface area contributed by atoms with Gasteiger partial charge in [0.1, 0.15) is 0 Å². The average molecular weight is 234 g/mol. The molecule has 2 rings (SSSR count). The van der Waals surface area contributed by atoms with Gasteiger partial charge in [0.05, 0.1) is 6.61 Å². The van der Waals surface area contributed by atoms with E-state index >= 15 is 0 Å². The molecule has 3 nitrogen and oxygen atoms in total. The third-order valence-corrected chi connectivity index (χ3v) is 3.25. The van der Waals surface area contributed by atoms with Crippen molar-refractivity contribution in [3.8, 4) is 0 Å². The van der Waals surface area contributed by atoms with Gasteiger partial charge in [-0.1, -0.05) is 18.6 Å². The van der Waals surface area contributed by atoms with E-state index in [-0.39, 0.29) is 6.61 Å². The molecule has 1 aromatic rings. The van der Waals surface area contributed by atoms with Crippen molar-refractivity contribution in [3.63, 3.8) is 0 Å². The average Bonchev–Trinajstić information content (AvgIpc) is 2.39. The summed E-state index contributed by atoms with van der Waals surface area (Å²) in [6, 6.07) is 8.53. The first-order chi connectivity index (χ1) is 8.38. The molecule has 0 spiro atoms. The minimum atomic E-state index is 0.176. The van der Waals surface area contributed by atoms with Crippen LogP contribution in [0.5, 0.6) is 0 Å². The van der Waals surface area contributed by atoms with Gasteiger partial charge in [0.2, 0.25) is 0 Å². The summed E-state index contributed by atoms with van der Waals surface area (Å²) in [7, 11) is 0. The van der Waals surface area contributed by atoms with Gasteiger partial charge >= 0.3 is 0 Å². The van der Waals surface area contributed by atoms with Crippen LogP contribution in [-0.2, 0) is 6.54 Å². The molecule has 1 saturated heterocycles. The molecule has 0 aromatic heterocycles. The molecule has 17 heavy (non-hydrogen) atoms. The lowest BCUT2D eigenvalue weighted by atomic mass is 10.1. The Morgan fingerprint density at radius 2 is 1.76 bits per heavy atom. The Bertz CT molecular complexity index is 317. The first-order valence-electron chi connectivity index (χ1n) is 6.54. The van der Waals surface area contributed by atoms with Crippen molar-refractivity contribution in [3.05, 3.63) is 29.8 Å². The van der Waals surface area contributed by atoms with Gasteiger partial charge in [0.15, 0.2) is 0 Å². The highest BCUT2D eigenvalue weighted by Gasteiger charge is 2.09. The van der Waals surface area contributed by atoms with Crippen LogP contribution in [0.4, 0.5) is 5.69 Å². The van der Waals surface area contributed by atoms with E-state index in [1.807, 2.05) is 0 Å². The molecule has 1 aliphatic heterocycles. The zero-order chi connectivity index (χ0) is 11.9. The normalized spacial score (nSPS) is 17.0. The van der Waals surface area contributed by atoms with Crippen LogP contribution in [0, 0.1) is 0 Å². The summed E-state index contributed by atoms with van der Waals surface area (Å²) >= 11 is 0. The second-order valence-corrected chi connectivity index (χ2v) is 4.68. The van der Waals surface area contributed by atoms with E-state index in [0.717, 1.165) is 12.2 Å². The van der Waals surface area contributed by atoms with E-state index in [4.69, 9.17) is 5.11 Å². The molecule has 0 saturated carbocycles. The fourth-order valence-electron chi connectivity index (χ4n) is 2.30. The smallest absolute Gasteiger partial charge is 0.0604 e. The number of hydrogen-bond donors (Lipinski definition) is 2. The van der Waals surface area contributed by atoms with Crippen LogP contribution < -0.4 is 5.32 Å². The van der Waals surface area contributed by atoms with Gasteiger partial charge in [-0.2, -0.15) is 0 Å². The number of rotatable bonds is 5. The number of benzene rings is 1. The molecule has 94 valence electrons. The third-order valence-electron chi connectivity index (χ3n) is 3.25. The maximum absolute atomic E-state index is 8.73. The van der Waals surface area contributed by atoms with Crippen molar-refractivity contribution >= 4 is 5.69 Å². The quantitative estimate of drug-likeness (QED) is 0.818. The van der Waals surface area contributed by atoms with E-state index in [0.29, 0.717) is 6.54 Å². The minimum Gasteiger partial charge on any atom is -0.395 e. The molecule has 1 aromatic carbocycles. The molecule has 0 aliphatic carbocycles. The zero-order valence-electron chi connectivity index (χ0n) is 10.4. The number of hydrogen-bond acceptors (Lipinski definition) is 3. The molecular weight excluding hydrogens is 212 g/mol. The Hall–Kier alpha value is -1.06. The van der Waals surface area contributed by atoms with E-state index < -0.39 is 0 Å². The van der Waals surface area contributed by atoms with Crippen molar-refractivity contribution in [2.45, 2.75) is 25.8 Å².